The third-order valence-corrected chi connectivity index (χ3v) is 3.58. The van der Waals surface area contributed by atoms with Crippen molar-refractivity contribution in [3.05, 3.63) is 23.8 Å². The van der Waals surface area contributed by atoms with Crippen LogP contribution in [0.5, 0.6) is 5.75 Å². The quantitative estimate of drug-likeness (QED) is 0.636. The van der Waals surface area contributed by atoms with Gasteiger partial charge in [0.25, 0.3) is 5.91 Å². The van der Waals surface area contributed by atoms with Crippen molar-refractivity contribution in [3.8, 4) is 5.75 Å². The minimum absolute atomic E-state index is 0.00486. The fraction of sp³-hybridized carbons (Fsp3) is 0.385. The van der Waals surface area contributed by atoms with E-state index in [2.05, 4.69) is 10.3 Å². The van der Waals surface area contributed by atoms with Crippen LogP contribution in [0.25, 0.3) is 0 Å². The number of nitrogens with zero attached hydrogens (tertiary/aromatic N) is 1. The highest BCUT2D eigenvalue weighted by Crippen LogP contribution is 2.50. The van der Waals surface area contributed by atoms with Gasteiger partial charge in [0.15, 0.2) is 6.61 Å². The van der Waals surface area contributed by atoms with Crippen molar-refractivity contribution in [2.24, 2.45) is 4.99 Å². The Bertz CT molecular complexity index is 557. The van der Waals surface area contributed by atoms with Crippen LogP contribution in [0.3, 0.4) is 0 Å². The molecular weight excluding hydrogens is 232 g/mol. The van der Waals surface area contributed by atoms with Crippen molar-refractivity contribution in [1.29, 1.82) is 0 Å². The maximum absolute atomic E-state index is 11.3. The van der Waals surface area contributed by atoms with E-state index in [0.29, 0.717) is 11.4 Å². The number of fused-ring (bicyclic) bond motifs is 1. The molecule has 3 rings (SSSR count). The van der Waals surface area contributed by atoms with E-state index in [4.69, 9.17) is 4.74 Å². The Labute approximate surface area is 104 Å². The molecule has 1 aromatic rings. The lowest BCUT2D eigenvalue weighted by molar-refractivity contribution is -0.118. The number of amides is 1. The molecule has 5 heteroatoms. The average molecular weight is 244 g/mol. The van der Waals surface area contributed by atoms with Gasteiger partial charge in [0.05, 0.1) is 5.69 Å². The molecule has 5 nitrogen and oxygen atoms in total. The monoisotopic (exact) mass is 244 g/mol. The van der Waals surface area contributed by atoms with Crippen LogP contribution >= 0.6 is 0 Å². The molecule has 0 bridgehead atoms. The zero-order chi connectivity index (χ0) is 12.6. The number of isocyanates is 1. The summed E-state index contributed by atoms with van der Waals surface area (Å²) < 4.78 is 5.49. The normalized spacial score (nSPS) is 19.7. The van der Waals surface area contributed by atoms with Gasteiger partial charge in [-0.15, -0.1) is 0 Å². The molecule has 0 radical (unpaired) electrons. The van der Waals surface area contributed by atoms with Gasteiger partial charge in [-0.05, 0) is 25.3 Å². The summed E-state index contributed by atoms with van der Waals surface area (Å²) in [6.07, 6.45) is 4.32. The first-order valence-corrected chi connectivity index (χ1v) is 5.90. The molecule has 1 amide bonds. The molecule has 1 heterocycles. The van der Waals surface area contributed by atoms with Gasteiger partial charge in [0, 0.05) is 5.56 Å². The molecule has 1 saturated carbocycles. The second kappa shape index (κ2) is 3.96. The highest BCUT2D eigenvalue weighted by molar-refractivity contribution is 5.95. The van der Waals surface area contributed by atoms with Crippen LogP contribution in [-0.4, -0.2) is 18.6 Å². The first-order valence-electron chi connectivity index (χ1n) is 5.90. The molecule has 1 aliphatic carbocycles. The van der Waals surface area contributed by atoms with Gasteiger partial charge in [-0.25, -0.2) is 4.79 Å². The van der Waals surface area contributed by atoms with E-state index in [-0.39, 0.29) is 12.5 Å². The maximum Gasteiger partial charge on any atom is 0.262 e. The largest absolute Gasteiger partial charge is 0.481 e. The van der Waals surface area contributed by atoms with E-state index in [1.165, 1.54) is 0 Å². The molecular formula is C13H12N2O3. The van der Waals surface area contributed by atoms with E-state index in [0.717, 1.165) is 24.8 Å². The molecule has 1 aliphatic heterocycles. The highest BCUT2D eigenvalue weighted by Gasteiger charge is 2.42. The van der Waals surface area contributed by atoms with Crippen molar-refractivity contribution >= 4 is 17.7 Å². The van der Waals surface area contributed by atoms with Crippen molar-refractivity contribution in [3.63, 3.8) is 0 Å². The fourth-order valence-electron chi connectivity index (χ4n) is 2.52. The molecule has 1 aromatic carbocycles. The summed E-state index contributed by atoms with van der Waals surface area (Å²) in [4.78, 5) is 25.8. The Morgan fingerprint density at radius 2 is 2.22 bits per heavy atom. The molecule has 0 spiro atoms. The Balaban J connectivity index is 2.10. The van der Waals surface area contributed by atoms with Crippen LogP contribution in [0.15, 0.2) is 23.2 Å². The number of ether oxygens (including phenoxy) is 1. The molecule has 92 valence electrons. The van der Waals surface area contributed by atoms with Gasteiger partial charge in [-0.2, -0.15) is 4.99 Å². The molecule has 18 heavy (non-hydrogen) atoms. The van der Waals surface area contributed by atoms with E-state index >= 15 is 0 Å². The fourth-order valence-corrected chi connectivity index (χ4v) is 2.52. The number of anilines is 1. The predicted molar refractivity (Wildman–Crippen MR) is 64.2 cm³/mol. The second-order valence-electron chi connectivity index (χ2n) is 4.61. The van der Waals surface area contributed by atoms with Crippen LogP contribution in [0.1, 0.15) is 24.8 Å². The number of nitrogens with one attached hydrogen (secondary N) is 1. The molecule has 1 N–H and O–H groups in total. The van der Waals surface area contributed by atoms with Gasteiger partial charge in [-0.1, -0.05) is 12.1 Å². The van der Waals surface area contributed by atoms with Crippen molar-refractivity contribution in [2.45, 2.75) is 24.8 Å². The van der Waals surface area contributed by atoms with Crippen LogP contribution in [0.4, 0.5) is 5.69 Å². The summed E-state index contributed by atoms with van der Waals surface area (Å²) in [6.45, 7) is 0.00486. The van der Waals surface area contributed by atoms with Gasteiger partial charge < -0.3 is 10.1 Å². The zero-order valence-corrected chi connectivity index (χ0v) is 9.73. The molecule has 0 saturated heterocycles. The van der Waals surface area contributed by atoms with Crippen LogP contribution in [0.2, 0.25) is 0 Å². The second-order valence-corrected chi connectivity index (χ2v) is 4.61. The Hall–Kier alpha value is -2.13. The summed E-state index contributed by atoms with van der Waals surface area (Å²) in [5.41, 5.74) is 1.01. The summed E-state index contributed by atoms with van der Waals surface area (Å²) in [6, 6.07) is 5.52. The lowest BCUT2D eigenvalue weighted by atomic mass is 9.72. The van der Waals surface area contributed by atoms with Crippen LogP contribution < -0.4 is 10.1 Å². The molecule has 2 aliphatic rings. The first kappa shape index (κ1) is 11.0. The van der Waals surface area contributed by atoms with Gasteiger partial charge >= 0.3 is 0 Å². The lowest BCUT2D eigenvalue weighted by Crippen LogP contribution is -2.34. The third kappa shape index (κ3) is 1.52. The number of hydrogen-bond donors (Lipinski definition) is 1. The Morgan fingerprint density at radius 1 is 1.39 bits per heavy atom. The molecule has 0 aromatic heterocycles. The van der Waals surface area contributed by atoms with E-state index < -0.39 is 5.54 Å². The SMILES string of the molecule is O=C=NC1(c2cccc3c2OCC(=O)N3)CCC1. The third-order valence-electron chi connectivity index (χ3n) is 3.58. The van der Waals surface area contributed by atoms with Crippen molar-refractivity contribution in [1.82, 2.24) is 0 Å². The minimum atomic E-state index is -0.505. The number of benzene rings is 1. The number of carbonyl (C=O) groups is 1. The predicted octanol–water partition coefficient (Wildman–Crippen LogP) is 1.73. The average Bonchev–Trinajstić information content (AvgIpc) is 2.33. The summed E-state index contributed by atoms with van der Waals surface area (Å²) in [5.74, 6) is 0.469. The lowest BCUT2D eigenvalue weighted by Gasteiger charge is -2.38. The van der Waals surface area contributed by atoms with Gasteiger partial charge in [0.2, 0.25) is 6.08 Å². The summed E-state index contributed by atoms with van der Waals surface area (Å²) in [5, 5.41) is 2.76. The van der Waals surface area contributed by atoms with Crippen molar-refractivity contribution in [2.75, 3.05) is 11.9 Å². The number of rotatable bonds is 2. The van der Waals surface area contributed by atoms with Crippen molar-refractivity contribution < 1.29 is 14.3 Å². The molecule has 0 atom stereocenters. The topological polar surface area (TPSA) is 67.8 Å². The molecule has 1 fully saturated rings. The number of para-hydroxylation sites is 1. The van der Waals surface area contributed by atoms with E-state index in [1.807, 2.05) is 12.1 Å². The van der Waals surface area contributed by atoms with Crippen LogP contribution in [-0.2, 0) is 15.1 Å². The van der Waals surface area contributed by atoms with Gasteiger partial charge in [-0.3, -0.25) is 4.79 Å². The molecule has 0 unspecified atom stereocenters. The first-order chi connectivity index (χ1) is 8.75. The van der Waals surface area contributed by atoms with Gasteiger partial charge in [0.1, 0.15) is 11.3 Å². The Morgan fingerprint density at radius 3 is 2.89 bits per heavy atom. The number of hydrogen-bond acceptors (Lipinski definition) is 4. The summed E-state index contributed by atoms with van der Waals surface area (Å²) in [7, 11) is 0. The maximum atomic E-state index is 11.3. The Kier molecular flexibility index (Phi) is 2.42. The minimum Gasteiger partial charge on any atom is -0.481 e. The standard InChI is InChI=1S/C13H12N2O3/c16-8-14-13(5-2-6-13)9-3-1-4-10-12(9)18-7-11(17)15-10/h1,3-4H,2,5-7H2,(H,15,17). The highest BCUT2D eigenvalue weighted by atomic mass is 16.5. The summed E-state index contributed by atoms with van der Waals surface area (Å²) >= 11 is 0. The smallest absolute Gasteiger partial charge is 0.262 e. The van der Waals surface area contributed by atoms with E-state index in [1.54, 1.807) is 12.1 Å². The zero-order valence-electron chi connectivity index (χ0n) is 9.73. The van der Waals surface area contributed by atoms with E-state index in [9.17, 15) is 9.59 Å². The van der Waals surface area contributed by atoms with Crippen LogP contribution in [0, 0.1) is 0 Å². The number of carbonyl (C=O) groups excluding carboxylic acids is 2. The number of aliphatic imine (C=N–C) groups is 1.